The number of nitrogens with two attached hydrogens (primary N) is 1. The number of anilines is 1. The lowest BCUT2D eigenvalue weighted by Gasteiger charge is -2.03. The average molecular weight is 258 g/mol. The van der Waals surface area contributed by atoms with Crippen LogP contribution in [0.2, 0.25) is 0 Å². The summed E-state index contributed by atoms with van der Waals surface area (Å²) in [6.07, 6.45) is 0. The van der Waals surface area contributed by atoms with Gasteiger partial charge in [0, 0.05) is 31.3 Å². The van der Waals surface area contributed by atoms with E-state index in [1.807, 2.05) is 41.9 Å². The van der Waals surface area contributed by atoms with Gasteiger partial charge in [0.15, 0.2) is 0 Å². The first-order chi connectivity index (χ1) is 9.13. The lowest BCUT2D eigenvalue weighted by Crippen LogP contribution is -2.06. The van der Waals surface area contributed by atoms with Crippen LogP contribution in [-0.4, -0.2) is 15.7 Å². The van der Waals surface area contributed by atoms with Crippen molar-refractivity contribution in [3.63, 3.8) is 0 Å². The van der Waals surface area contributed by atoms with E-state index >= 15 is 0 Å². The van der Waals surface area contributed by atoms with Crippen LogP contribution in [0.1, 0.15) is 19.5 Å². The molecule has 0 bridgehead atoms. The summed E-state index contributed by atoms with van der Waals surface area (Å²) < 4.78 is 1.89. The second-order valence-electron chi connectivity index (χ2n) is 4.30. The maximum atomic E-state index is 11.1. The predicted octanol–water partition coefficient (Wildman–Crippen LogP) is 1.99. The van der Waals surface area contributed by atoms with Gasteiger partial charge in [-0.2, -0.15) is 5.10 Å². The monoisotopic (exact) mass is 258 g/mol. The maximum absolute atomic E-state index is 11.1. The Bertz CT molecular complexity index is 567. The summed E-state index contributed by atoms with van der Waals surface area (Å²) in [5.41, 5.74) is 9.30. The molecule has 0 saturated heterocycles. The second kappa shape index (κ2) is 5.67. The molecular formula is C14H18N4O. The average Bonchev–Trinajstić information content (AvgIpc) is 2.81. The molecule has 100 valence electrons. The van der Waals surface area contributed by atoms with Gasteiger partial charge in [-0.1, -0.05) is 12.1 Å². The zero-order valence-electron chi connectivity index (χ0n) is 11.2. The molecule has 2 rings (SSSR count). The molecule has 5 heteroatoms. The molecule has 1 amide bonds. The minimum atomic E-state index is -0.0844. The molecule has 3 N–H and O–H groups in total. The fourth-order valence-electron chi connectivity index (χ4n) is 1.99. The highest BCUT2D eigenvalue weighted by Gasteiger charge is 2.08. The third-order valence-corrected chi connectivity index (χ3v) is 2.85. The number of aromatic nitrogens is 2. The molecule has 0 aliphatic carbocycles. The van der Waals surface area contributed by atoms with E-state index in [-0.39, 0.29) is 5.91 Å². The Balaban J connectivity index is 2.35. The minimum Gasteiger partial charge on any atom is -0.326 e. The highest BCUT2D eigenvalue weighted by molar-refractivity contribution is 5.89. The third kappa shape index (κ3) is 3.00. The summed E-state index contributed by atoms with van der Waals surface area (Å²) in [7, 11) is 0. The summed E-state index contributed by atoms with van der Waals surface area (Å²) in [6.45, 7) is 4.78. The zero-order chi connectivity index (χ0) is 13.8. The first-order valence-corrected chi connectivity index (χ1v) is 6.29. The molecule has 1 aromatic heterocycles. The highest BCUT2D eigenvalue weighted by Crippen LogP contribution is 2.22. The first kappa shape index (κ1) is 13.3. The van der Waals surface area contributed by atoms with Crippen LogP contribution in [-0.2, 0) is 17.9 Å². The van der Waals surface area contributed by atoms with Crippen molar-refractivity contribution in [2.45, 2.75) is 26.9 Å². The third-order valence-electron chi connectivity index (χ3n) is 2.85. The van der Waals surface area contributed by atoms with Crippen LogP contribution in [0.25, 0.3) is 11.3 Å². The van der Waals surface area contributed by atoms with Crippen molar-refractivity contribution in [1.82, 2.24) is 9.78 Å². The van der Waals surface area contributed by atoms with Gasteiger partial charge in [-0.15, -0.1) is 0 Å². The van der Waals surface area contributed by atoms with Crippen LogP contribution in [0.3, 0.4) is 0 Å². The van der Waals surface area contributed by atoms with Crippen molar-refractivity contribution in [3.8, 4) is 11.3 Å². The van der Waals surface area contributed by atoms with E-state index < -0.39 is 0 Å². The second-order valence-corrected chi connectivity index (χ2v) is 4.30. The molecule has 2 aromatic rings. The van der Waals surface area contributed by atoms with E-state index in [1.54, 1.807) is 0 Å². The predicted molar refractivity (Wildman–Crippen MR) is 75.5 cm³/mol. The number of nitrogens with zero attached hydrogens (tertiary/aromatic N) is 2. The number of hydrogen-bond donors (Lipinski definition) is 2. The summed E-state index contributed by atoms with van der Waals surface area (Å²) in [4.78, 5) is 11.1. The van der Waals surface area contributed by atoms with Gasteiger partial charge in [0.1, 0.15) is 0 Å². The van der Waals surface area contributed by atoms with E-state index in [4.69, 9.17) is 5.73 Å². The lowest BCUT2D eigenvalue weighted by molar-refractivity contribution is -0.114. The van der Waals surface area contributed by atoms with Gasteiger partial charge in [-0.05, 0) is 25.1 Å². The van der Waals surface area contributed by atoms with Gasteiger partial charge >= 0.3 is 0 Å². The summed E-state index contributed by atoms with van der Waals surface area (Å²) in [5, 5.41) is 7.28. The van der Waals surface area contributed by atoms with Crippen molar-refractivity contribution in [3.05, 3.63) is 36.0 Å². The van der Waals surface area contributed by atoms with Gasteiger partial charge in [-0.3, -0.25) is 9.48 Å². The normalized spacial score (nSPS) is 10.5. The topological polar surface area (TPSA) is 72.9 Å². The Hall–Kier alpha value is -2.14. The van der Waals surface area contributed by atoms with Crippen molar-refractivity contribution in [1.29, 1.82) is 0 Å². The highest BCUT2D eigenvalue weighted by atomic mass is 16.1. The number of benzene rings is 1. The van der Waals surface area contributed by atoms with E-state index in [0.717, 1.165) is 29.2 Å². The molecule has 1 aromatic carbocycles. The smallest absolute Gasteiger partial charge is 0.221 e. The number of rotatable bonds is 4. The Morgan fingerprint density at radius 3 is 2.79 bits per heavy atom. The van der Waals surface area contributed by atoms with Gasteiger partial charge in [0.05, 0.1) is 11.4 Å². The molecule has 0 aliphatic heterocycles. The standard InChI is InChI=1S/C14H18N4O/c1-3-18-13(9-15)8-14(17-18)11-5-4-6-12(7-11)16-10(2)19/h4-8H,3,9,15H2,1-2H3,(H,16,19). The Morgan fingerprint density at radius 2 is 2.21 bits per heavy atom. The van der Waals surface area contributed by atoms with Gasteiger partial charge in [0.2, 0.25) is 5.91 Å². The van der Waals surface area contributed by atoms with Crippen LogP contribution in [0.15, 0.2) is 30.3 Å². The van der Waals surface area contributed by atoms with Crippen molar-refractivity contribution in [2.75, 3.05) is 5.32 Å². The van der Waals surface area contributed by atoms with Crippen molar-refractivity contribution in [2.24, 2.45) is 5.73 Å². The van der Waals surface area contributed by atoms with Crippen LogP contribution in [0.4, 0.5) is 5.69 Å². The number of hydrogen-bond acceptors (Lipinski definition) is 3. The largest absolute Gasteiger partial charge is 0.326 e. The summed E-state index contributed by atoms with van der Waals surface area (Å²) >= 11 is 0. The molecule has 0 aliphatic rings. The van der Waals surface area contributed by atoms with E-state index in [9.17, 15) is 4.79 Å². The Morgan fingerprint density at radius 1 is 1.42 bits per heavy atom. The van der Waals surface area contributed by atoms with E-state index in [2.05, 4.69) is 10.4 Å². The lowest BCUT2D eigenvalue weighted by atomic mass is 10.1. The zero-order valence-corrected chi connectivity index (χ0v) is 11.2. The van der Waals surface area contributed by atoms with Crippen molar-refractivity contribution >= 4 is 11.6 Å². The Kier molecular flexibility index (Phi) is 3.97. The van der Waals surface area contributed by atoms with Gasteiger partial charge in [0.25, 0.3) is 0 Å². The van der Waals surface area contributed by atoms with Crippen LogP contribution < -0.4 is 11.1 Å². The molecule has 5 nitrogen and oxygen atoms in total. The minimum absolute atomic E-state index is 0.0844. The molecular weight excluding hydrogens is 240 g/mol. The van der Waals surface area contributed by atoms with Crippen molar-refractivity contribution < 1.29 is 4.79 Å². The number of nitrogens with one attached hydrogen (secondary N) is 1. The SMILES string of the molecule is CCn1nc(-c2cccc(NC(C)=O)c2)cc1CN. The summed E-state index contributed by atoms with van der Waals surface area (Å²) in [6, 6.07) is 9.60. The summed E-state index contributed by atoms with van der Waals surface area (Å²) in [5.74, 6) is -0.0844. The van der Waals surface area contributed by atoms with Gasteiger partial charge in [-0.25, -0.2) is 0 Å². The quantitative estimate of drug-likeness (QED) is 0.880. The van der Waals surface area contributed by atoms with Crippen LogP contribution in [0.5, 0.6) is 0 Å². The number of amides is 1. The molecule has 0 saturated carbocycles. The number of aryl methyl sites for hydroxylation is 1. The molecule has 19 heavy (non-hydrogen) atoms. The molecule has 0 spiro atoms. The maximum Gasteiger partial charge on any atom is 0.221 e. The fraction of sp³-hybridized carbons (Fsp3) is 0.286. The molecule has 0 radical (unpaired) electrons. The Labute approximate surface area is 112 Å². The van der Waals surface area contributed by atoms with Crippen LogP contribution in [0, 0.1) is 0 Å². The molecule has 0 fully saturated rings. The van der Waals surface area contributed by atoms with Gasteiger partial charge < -0.3 is 11.1 Å². The fourth-order valence-corrected chi connectivity index (χ4v) is 1.99. The van der Waals surface area contributed by atoms with E-state index in [1.165, 1.54) is 6.92 Å². The first-order valence-electron chi connectivity index (χ1n) is 6.29. The van der Waals surface area contributed by atoms with Crippen LogP contribution >= 0.6 is 0 Å². The number of carbonyl (C=O) groups is 1. The molecule has 1 heterocycles. The van der Waals surface area contributed by atoms with E-state index in [0.29, 0.717) is 6.54 Å². The molecule has 0 atom stereocenters. The molecule has 0 unspecified atom stereocenters. The number of carbonyl (C=O) groups excluding carboxylic acids is 1.